The molecule has 0 aliphatic rings. The number of nitrogens with two attached hydrogens (primary N) is 2. The average molecular weight is 459 g/mol. The molecular weight excluding hydrogens is 434 g/mol. The highest BCUT2D eigenvalue weighted by Gasteiger charge is 2.19. The molecule has 0 aliphatic carbocycles. The number of anilines is 1. The van der Waals surface area contributed by atoms with Gasteiger partial charge in [-0.05, 0) is 54.8 Å². The molecule has 2 rings (SSSR count). The molecule has 0 bridgehead atoms. The van der Waals surface area contributed by atoms with Gasteiger partial charge in [-0.2, -0.15) is 0 Å². The summed E-state index contributed by atoms with van der Waals surface area (Å²) >= 11 is 0. The van der Waals surface area contributed by atoms with Crippen LogP contribution in [0.15, 0.2) is 48.5 Å². The zero-order chi connectivity index (χ0) is 24.2. The lowest BCUT2D eigenvalue weighted by Gasteiger charge is -2.17. The van der Waals surface area contributed by atoms with Crippen LogP contribution in [0.4, 0.5) is 21.0 Å². The summed E-state index contributed by atoms with van der Waals surface area (Å²) in [6.45, 7) is 0.220. The number of hydrogen-bond acceptors (Lipinski definition) is 8. The standard InChI is InChI=1S/C21H25N5O7/c22-11-1-2-18(25-20(23)28)19(27)24-16-7-3-14(4-8-16)12-32-21(29)33-13-15-5-9-17(10-6-15)26(30)31/h3-10,18H,1-2,11-13,22H2,(H,24,27)(H3,23,25,28). The van der Waals surface area contributed by atoms with Crippen LogP contribution in [0.1, 0.15) is 24.0 Å². The number of ether oxygens (including phenoxy) is 2. The molecule has 0 heterocycles. The molecule has 2 aromatic rings. The Morgan fingerprint density at radius 1 is 0.970 bits per heavy atom. The molecule has 0 spiro atoms. The number of nitrogens with one attached hydrogen (secondary N) is 2. The highest BCUT2D eigenvalue weighted by Crippen LogP contribution is 2.14. The fourth-order valence-electron chi connectivity index (χ4n) is 2.72. The molecule has 3 amide bonds. The van der Waals surface area contributed by atoms with Crippen LogP contribution in [0.2, 0.25) is 0 Å². The van der Waals surface area contributed by atoms with Crippen LogP contribution in [0.5, 0.6) is 0 Å². The second-order valence-corrected chi connectivity index (χ2v) is 6.93. The fourth-order valence-corrected chi connectivity index (χ4v) is 2.72. The minimum atomic E-state index is -0.897. The zero-order valence-corrected chi connectivity index (χ0v) is 17.7. The Morgan fingerprint density at radius 3 is 2.00 bits per heavy atom. The van der Waals surface area contributed by atoms with Crippen molar-refractivity contribution in [2.24, 2.45) is 11.5 Å². The van der Waals surface area contributed by atoms with E-state index >= 15 is 0 Å². The van der Waals surface area contributed by atoms with Crippen molar-refractivity contribution in [2.45, 2.75) is 32.1 Å². The van der Waals surface area contributed by atoms with Gasteiger partial charge in [-0.1, -0.05) is 12.1 Å². The van der Waals surface area contributed by atoms with E-state index in [1.54, 1.807) is 24.3 Å². The number of carbonyl (C=O) groups is 3. The molecule has 12 heteroatoms. The van der Waals surface area contributed by atoms with Gasteiger partial charge in [-0.25, -0.2) is 9.59 Å². The average Bonchev–Trinajstić information content (AvgIpc) is 2.79. The number of nitro benzene ring substituents is 1. The molecule has 0 saturated heterocycles. The fraction of sp³-hybridized carbons (Fsp3) is 0.286. The molecule has 0 radical (unpaired) electrons. The van der Waals surface area contributed by atoms with Crippen molar-refractivity contribution in [1.82, 2.24) is 5.32 Å². The quantitative estimate of drug-likeness (QED) is 0.223. The number of non-ortho nitro benzene ring substituents is 1. The molecule has 1 unspecified atom stereocenters. The van der Waals surface area contributed by atoms with E-state index in [2.05, 4.69) is 10.6 Å². The first-order valence-corrected chi connectivity index (χ1v) is 9.97. The Bertz CT molecular complexity index is 964. The maximum atomic E-state index is 12.4. The number of benzene rings is 2. The molecule has 2 aromatic carbocycles. The molecule has 0 saturated carbocycles. The van der Waals surface area contributed by atoms with Gasteiger partial charge in [-0.3, -0.25) is 14.9 Å². The third-order valence-corrected chi connectivity index (χ3v) is 4.41. The maximum Gasteiger partial charge on any atom is 0.508 e. The first-order valence-electron chi connectivity index (χ1n) is 9.97. The van der Waals surface area contributed by atoms with Crippen molar-refractivity contribution in [1.29, 1.82) is 0 Å². The predicted octanol–water partition coefficient (Wildman–Crippen LogP) is 2.16. The van der Waals surface area contributed by atoms with Crippen LogP contribution in [0.3, 0.4) is 0 Å². The molecule has 0 aromatic heterocycles. The van der Waals surface area contributed by atoms with Gasteiger partial charge >= 0.3 is 12.2 Å². The van der Waals surface area contributed by atoms with Crippen molar-refractivity contribution in [3.05, 3.63) is 69.8 Å². The Labute approximate surface area is 189 Å². The second-order valence-electron chi connectivity index (χ2n) is 6.93. The van der Waals surface area contributed by atoms with E-state index in [9.17, 15) is 24.5 Å². The van der Waals surface area contributed by atoms with E-state index in [-0.39, 0.29) is 18.9 Å². The van der Waals surface area contributed by atoms with E-state index in [1.807, 2.05) is 0 Å². The Morgan fingerprint density at radius 2 is 1.52 bits per heavy atom. The predicted molar refractivity (Wildman–Crippen MR) is 118 cm³/mol. The van der Waals surface area contributed by atoms with Gasteiger partial charge in [0.2, 0.25) is 5.91 Å². The smallest absolute Gasteiger partial charge is 0.429 e. The zero-order valence-electron chi connectivity index (χ0n) is 17.7. The molecule has 0 aliphatic heterocycles. The molecule has 0 fully saturated rings. The second kappa shape index (κ2) is 12.6. The first kappa shape index (κ1) is 25.1. The van der Waals surface area contributed by atoms with Crippen LogP contribution in [0.25, 0.3) is 0 Å². The maximum absolute atomic E-state index is 12.4. The minimum Gasteiger partial charge on any atom is -0.429 e. The topological polar surface area (TPSA) is 189 Å². The number of carbonyl (C=O) groups excluding carboxylic acids is 3. The Kier molecular flexibility index (Phi) is 9.58. The highest BCUT2D eigenvalue weighted by molar-refractivity contribution is 5.96. The lowest BCUT2D eigenvalue weighted by Crippen LogP contribution is -2.46. The van der Waals surface area contributed by atoms with Crippen LogP contribution in [-0.2, 0) is 27.5 Å². The van der Waals surface area contributed by atoms with Crippen molar-refractivity contribution in [3.63, 3.8) is 0 Å². The lowest BCUT2D eigenvalue weighted by atomic mass is 10.1. The summed E-state index contributed by atoms with van der Waals surface area (Å²) in [5.74, 6) is -0.430. The van der Waals surface area contributed by atoms with E-state index in [0.29, 0.717) is 36.2 Å². The normalized spacial score (nSPS) is 11.2. The van der Waals surface area contributed by atoms with Gasteiger partial charge in [0.25, 0.3) is 5.69 Å². The monoisotopic (exact) mass is 459 g/mol. The number of nitro groups is 1. The molecule has 33 heavy (non-hydrogen) atoms. The number of hydrogen-bond donors (Lipinski definition) is 4. The van der Waals surface area contributed by atoms with Gasteiger partial charge in [0.05, 0.1) is 4.92 Å². The largest absolute Gasteiger partial charge is 0.508 e. The number of primary amides is 1. The van der Waals surface area contributed by atoms with Crippen LogP contribution in [0, 0.1) is 10.1 Å². The first-order chi connectivity index (χ1) is 15.8. The van der Waals surface area contributed by atoms with Crippen molar-refractivity contribution < 1.29 is 28.8 Å². The summed E-state index contributed by atoms with van der Waals surface area (Å²) in [6, 6.07) is 10.5. The van der Waals surface area contributed by atoms with Crippen LogP contribution >= 0.6 is 0 Å². The third-order valence-electron chi connectivity index (χ3n) is 4.41. The number of amides is 3. The van der Waals surface area contributed by atoms with Crippen molar-refractivity contribution in [2.75, 3.05) is 11.9 Å². The van der Waals surface area contributed by atoms with E-state index in [1.165, 1.54) is 24.3 Å². The number of urea groups is 1. The van der Waals surface area contributed by atoms with Gasteiger partial charge in [0, 0.05) is 17.8 Å². The molecule has 176 valence electrons. The van der Waals surface area contributed by atoms with E-state index < -0.39 is 29.1 Å². The van der Waals surface area contributed by atoms with Crippen molar-refractivity contribution in [3.8, 4) is 0 Å². The summed E-state index contributed by atoms with van der Waals surface area (Å²) < 4.78 is 10.0. The summed E-state index contributed by atoms with van der Waals surface area (Å²) in [5, 5.41) is 15.7. The Balaban J connectivity index is 1.79. The summed E-state index contributed by atoms with van der Waals surface area (Å²) in [5.41, 5.74) is 12.2. The summed E-state index contributed by atoms with van der Waals surface area (Å²) in [7, 11) is 0. The molecule has 12 nitrogen and oxygen atoms in total. The van der Waals surface area contributed by atoms with Crippen LogP contribution < -0.4 is 22.1 Å². The van der Waals surface area contributed by atoms with Gasteiger partial charge in [0.1, 0.15) is 19.3 Å². The number of rotatable bonds is 11. The number of nitrogens with zero attached hydrogens (tertiary/aromatic N) is 1. The summed E-state index contributed by atoms with van der Waals surface area (Å²) in [6.07, 6.45) is -0.0142. The van der Waals surface area contributed by atoms with Crippen LogP contribution in [-0.4, -0.2) is 35.6 Å². The highest BCUT2D eigenvalue weighted by atomic mass is 16.7. The Hall–Kier alpha value is -4.19. The van der Waals surface area contributed by atoms with Crippen molar-refractivity contribution >= 4 is 29.5 Å². The van der Waals surface area contributed by atoms with Gasteiger partial charge in [-0.15, -0.1) is 0 Å². The molecular formula is C21H25N5O7. The third kappa shape index (κ3) is 8.83. The van der Waals surface area contributed by atoms with Gasteiger partial charge < -0.3 is 31.6 Å². The van der Waals surface area contributed by atoms with Gasteiger partial charge in [0.15, 0.2) is 0 Å². The molecule has 1 atom stereocenters. The van der Waals surface area contributed by atoms with E-state index in [0.717, 1.165) is 0 Å². The lowest BCUT2D eigenvalue weighted by molar-refractivity contribution is -0.384. The SMILES string of the molecule is NCCCC(NC(N)=O)C(=O)Nc1ccc(COC(=O)OCc2ccc([N+](=O)[O-])cc2)cc1. The summed E-state index contributed by atoms with van der Waals surface area (Å²) in [4.78, 5) is 45.3. The minimum absolute atomic E-state index is 0.0591. The molecule has 6 N–H and O–H groups in total. The van der Waals surface area contributed by atoms with E-state index in [4.69, 9.17) is 20.9 Å².